The Morgan fingerprint density at radius 2 is 2.29 bits per heavy atom. The van der Waals surface area contributed by atoms with Crippen LogP contribution in [-0.4, -0.2) is 60.1 Å². The predicted molar refractivity (Wildman–Crippen MR) is 63.8 cm³/mol. The first-order valence-corrected chi connectivity index (χ1v) is 6.01. The molecular formula is C11H21N3O3. The summed E-state index contributed by atoms with van der Waals surface area (Å²) >= 11 is 0. The van der Waals surface area contributed by atoms with Crippen LogP contribution < -0.4 is 10.6 Å². The molecule has 0 radical (unpaired) electrons. The highest BCUT2D eigenvalue weighted by Crippen LogP contribution is 2.03. The number of nitrogens with one attached hydrogen (secondary N) is 2. The van der Waals surface area contributed by atoms with E-state index >= 15 is 0 Å². The van der Waals surface area contributed by atoms with Crippen molar-refractivity contribution in [3.63, 3.8) is 0 Å². The van der Waals surface area contributed by atoms with Crippen LogP contribution in [0.15, 0.2) is 0 Å². The van der Waals surface area contributed by atoms with E-state index in [1.54, 1.807) is 4.90 Å². The van der Waals surface area contributed by atoms with E-state index in [0.717, 1.165) is 13.0 Å². The van der Waals surface area contributed by atoms with E-state index in [2.05, 4.69) is 10.6 Å². The zero-order chi connectivity index (χ0) is 12.8. The third-order valence-electron chi connectivity index (χ3n) is 3.01. The number of carbonyl (C=O) groups is 2. The maximum absolute atomic E-state index is 11.7. The van der Waals surface area contributed by atoms with Gasteiger partial charge in [0, 0.05) is 25.7 Å². The Kier molecular flexibility index (Phi) is 5.37. The van der Waals surface area contributed by atoms with Gasteiger partial charge in [-0.2, -0.15) is 0 Å². The molecule has 3 N–H and O–H groups in total. The fourth-order valence-electron chi connectivity index (χ4n) is 1.79. The van der Waals surface area contributed by atoms with Gasteiger partial charge in [0.15, 0.2) is 0 Å². The Balaban J connectivity index is 2.47. The second-order valence-corrected chi connectivity index (χ2v) is 4.41. The second kappa shape index (κ2) is 6.56. The summed E-state index contributed by atoms with van der Waals surface area (Å²) in [6, 6.07) is -0.472. The topological polar surface area (TPSA) is 81.7 Å². The maximum atomic E-state index is 11.7. The summed E-state index contributed by atoms with van der Waals surface area (Å²) in [6.07, 6.45) is 0.871. The SMILES string of the molecule is CCC(C)NC(=O)CN1CCNCC1C(=O)O. The molecule has 0 aliphatic carbocycles. The Labute approximate surface area is 101 Å². The lowest BCUT2D eigenvalue weighted by atomic mass is 10.2. The van der Waals surface area contributed by atoms with Gasteiger partial charge in [-0.1, -0.05) is 6.92 Å². The molecule has 0 aromatic heterocycles. The second-order valence-electron chi connectivity index (χ2n) is 4.41. The largest absolute Gasteiger partial charge is 0.480 e. The highest BCUT2D eigenvalue weighted by molar-refractivity contribution is 5.80. The molecule has 2 atom stereocenters. The summed E-state index contributed by atoms with van der Waals surface area (Å²) in [5.74, 6) is -0.985. The van der Waals surface area contributed by atoms with Crippen LogP contribution in [0.1, 0.15) is 20.3 Å². The number of carboxylic acid groups (broad SMARTS) is 1. The van der Waals surface area contributed by atoms with Crippen LogP contribution in [0.3, 0.4) is 0 Å². The first kappa shape index (κ1) is 13.9. The number of carboxylic acids is 1. The number of amides is 1. The van der Waals surface area contributed by atoms with E-state index in [-0.39, 0.29) is 18.5 Å². The van der Waals surface area contributed by atoms with Gasteiger partial charge in [0.05, 0.1) is 6.54 Å². The zero-order valence-electron chi connectivity index (χ0n) is 10.4. The standard InChI is InChI=1S/C11H21N3O3/c1-3-8(2)13-10(15)7-14-5-4-12-6-9(14)11(16)17/h8-9,12H,3-7H2,1-2H3,(H,13,15)(H,16,17). The van der Waals surface area contributed by atoms with Gasteiger partial charge in [-0.25, -0.2) is 0 Å². The van der Waals surface area contributed by atoms with E-state index in [9.17, 15) is 9.59 Å². The third-order valence-corrected chi connectivity index (χ3v) is 3.01. The maximum Gasteiger partial charge on any atom is 0.322 e. The molecule has 1 aliphatic rings. The van der Waals surface area contributed by atoms with E-state index < -0.39 is 12.0 Å². The highest BCUT2D eigenvalue weighted by Gasteiger charge is 2.29. The highest BCUT2D eigenvalue weighted by atomic mass is 16.4. The molecule has 6 heteroatoms. The van der Waals surface area contributed by atoms with Crippen molar-refractivity contribution in [2.24, 2.45) is 0 Å². The monoisotopic (exact) mass is 243 g/mol. The Bertz CT molecular complexity index is 283. The van der Waals surface area contributed by atoms with Crippen LogP contribution in [0.4, 0.5) is 0 Å². The van der Waals surface area contributed by atoms with Crippen molar-refractivity contribution in [3.05, 3.63) is 0 Å². The first-order valence-electron chi connectivity index (χ1n) is 6.01. The molecule has 2 unspecified atom stereocenters. The van der Waals surface area contributed by atoms with Crippen molar-refractivity contribution in [2.45, 2.75) is 32.4 Å². The number of rotatable bonds is 5. The van der Waals surface area contributed by atoms with Crippen molar-refractivity contribution in [3.8, 4) is 0 Å². The van der Waals surface area contributed by atoms with Crippen LogP contribution in [0, 0.1) is 0 Å². The molecule has 1 heterocycles. The first-order chi connectivity index (χ1) is 8.04. The molecule has 1 rings (SSSR count). The van der Waals surface area contributed by atoms with Crippen molar-refractivity contribution in [1.29, 1.82) is 0 Å². The fraction of sp³-hybridized carbons (Fsp3) is 0.818. The zero-order valence-corrected chi connectivity index (χ0v) is 10.4. The average molecular weight is 243 g/mol. The summed E-state index contributed by atoms with van der Waals surface area (Å²) in [6.45, 7) is 5.79. The minimum Gasteiger partial charge on any atom is -0.480 e. The predicted octanol–water partition coefficient (Wildman–Crippen LogP) is -0.740. The van der Waals surface area contributed by atoms with Gasteiger partial charge in [-0.05, 0) is 13.3 Å². The van der Waals surface area contributed by atoms with Gasteiger partial charge >= 0.3 is 5.97 Å². The normalized spacial score (nSPS) is 23.1. The molecule has 1 saturated heterocycles. The fourth-order valence-corrected chi connectivity index (χ4v) is 1.79. The number of aliphatic carboxylic acids is 1. The Morgan fingerprint density at radius 3 is 2.88 bits per heavy atom. The summed E-state index contributed by atoms with van der Waals surface area (Å²) < 4.78 is 0. The van der Waals surface area contributed by atoms with Gasteiger partial charge < -0.3 is 15.7 Å². The molecule has 98 valence electrons. The number of nitrogens with zero attached hydrogens (tertiary/aromatic N) is 1. The molecule has 1 fully saturated rings. The lowest BCUT2D eigenvalue weighted by molar-refractivity contribution is -0.144. The summed E-state index contributed by atoms with van der Waals surface area (Å²) in [4.78, 5) is 24.4. The molecule has 0 aromatic rings. The third kappa shape index (κ3) is 4.32. The quantitative estimate of drug-likeness (QED) is 0.592. The molecule has 1 aliphatic heterocycles. The molecule has 17 heavy (non-hydrogen) atoms. The smallest absolute Gasteiger partial charge is 0.322 e. The van der Waals surface area contributed by atoms with Gasteiger partial charge in [0.25, 0.3) is 0 Å². The van der Waals surface area contributed by atoms with Gasteiger partial charge in [0.2, 0.25) is 5.91 Å². The van der Waals surface area contributed by atoms with Crippen LogP contribution in [0.25, 0.3) is 0 Å². The van der Waals surface area contributed by atoms with Crippen molar-refractivity contribution in [2.75, 3.05) is 26.2 Å². The van der Waals surface area contributed by atoms with Gasteiger partial charge in [0.1, 0.15) is 6.04 Å². The molecule has 0 aromatic carbocycles. The van der Waals surface area contributed by atoms with E-state index in [1.165, 1.54) is 0 Å². The van der Waals surface area contributed by atoms with Gasteiger partial charge in [-0.15, -0.1) is 0 Å². The summed E-state index contributed by atoms with van der Waals surface area (Å²) in [7, 11) is 0. The number of hydrogen-bond donors (Lipinski definition) is 3. The van der Waals surface area contributed by atoms with Gasteiger partial charge in [-0.3, -0.25) is 14.5 Å². The lowest BCUT2D eigenvalue weighted by Crippen LogP contribution is -2.57. The van der Waals surface area contributed by atoms with Crippen molar-refractivity contribution >= 4 is 11.9 Å². The average Bonchev–Trinajstić information content (AvgIpc) is 2.29. The summed E-state index contributed by atoms with van der Waals surface area (Å²) in [5, 5.41) is 14.9. The van der Waals surface area contributed by atoms with Crippen LogP contribution in [0.2, 0.25) is 0 Å². The van der Waals surface area contributed by atoms with Crippen molar-refractivity contribution in [1.82, 2.24) is 15.5 Å². The number of carbonyl (C=O) groups excluding carboxylic acids is 1. The minimum atomic E-state index is -0.881. The van der Waals surface area contributed by atoms with Crippen molar-refractivity contribution < 1.29 is 14.7 Å². The minimum absolute atomic E-state index is 0.104. The van der Waals surface area contributed by atoms with Crippen LogP contribution in [0.5, 0.6) is 0 Å². The number of piperazine rings is 1. The molecule has 0 spiro atoms. The molecule has 6 nitrogen and oxygen atoms in total. The molecule has 0 saturated carbocycles. The Hall–Kier alpha value is -1.14. The lowest BCUT2D eigenvalue weighted by Gasteiger charge is -2.33. The molecule has 0 bridgehead atoms. The summed E-state index contributed by atoms with van der Waals surface area (Å²) in [5.41, 5.74) is 0. The number of hydrogen-bond acceptors (Lipinski definition) is 4. The van der Waals surface area contributed by atoms with E-state index in [0.29, 0.717) is 13.1 Å². The van der Waals surface area contributed by atoms with E-state index in [4.69, 9.17) is 5.11 Å². The molecular weight excluding hydrogens is 222 g/mol. The van der Waals surface area contributed by atoms with E-state index in [1.807, 2.05) is 13.8 Å². The molecule has 1 amide bonds. The van der Waals surface area contributed by atoms with Crippen LogP contribution in [-0.2, 0) is 9.59 Å². The Morgan fingerprint density at radius 1 is 1.59 bits per heavy atom. The van der Waals surface area contributed by atoms with Crippen LogP contribution >= 0.6 is 0 Å².